The van der Waals surface area contributed by atoms with Gasteiger partial charge in [-0.05, 0) is 30.2 Å². The number of fused-ring (bicyclic) bond motifs is 1. The molecule has 172 valence electrons. The van der Waals surface area contributed by atoms with Crippen LogP contribution in [0.3, 0.4) is 0 Å². The molecule has 0 aliphatic rings. The van der Waals surface area contributed by atoms with Gasteiger partial charge in [-0.3, -0.25) is 4.79 Å². The van der Waals surface area contributed by atoms with E-state index in [0.29, 0.717) is 11.1 Å². The first-order valence-corrected chi connectivity index (χ1v) is 10.4. The summed E-state index contributed by atoms with van der Waals surface area (Å²) in [6.45, 7) is 1.55. The Hall–Kier alpha value is -2.82. The zero-order valence-electron chi connectivity index (χ0n) is 16.5. The zero-order valence-corrected chi connectivity index (χ0v) is 18.8. The number of nitrogens with zero attached hydrogens (tertiary/aromatic N) is 4. The quantitative estimate of drug-likeness (QED) is 0.333. The summed E-state index contributed by atoms with van der Waals surface area (Å²) in [5.41, 5.74) is 0.111. The van der Waals surface area contributed by atoms with Gasteiger partial charge in [0.25, 0.3) is 5.89 Å². The van der Waals surface area contributed by atoms with E-state index in [4.69, 9.17) is 44.4 Å². The number of aliphatic carboxylic acids is 1. The molecule has 0 fully saturated rings. The van der Waals surface area contributed by atoms with Crippen LogP contribution in [0.5, 0.6) is 0 Å². The van der Waals surface area contributed by atoms with Crippen LogP contribution in [-0.4, -0.2) is 30.6 Å². The number of hydrogen-bond acceptors (Lipinski definition) is 5. The fourth-order valence-electron chi connectivity index (χ4n) is 3.08. The van der Waals surface area contributed by atoms with E-state index in [1.165, 1.54) is 18.3 Å². The van der Waals surface area contributed by atoms with Crippen molar-refractivity contribution >= 4 is 46.4 Å². The Labute approximate surface area is 198 Å². The molecule has 7 nitrogen and oxygen atoms in total. The van der Waals surface area contributed by atoms with Crippen molar-refractivity contribution in [3.8, 4) is 23.0 Å². The lowest BCUT2D eigenvalue weighted by Gasteiger charge is -2.10. The Morgan fingerprint density at radius 2 is 1.85 bits per heavy atom. The number of imidazole rings is 1. The molecule has 3 aromatic heterocycles. The third-order valence-electron chi connectivity index (χ3n) is 4.80. The van der Waals surface area contributed by atoms with Gasteiger partial charge < -0.3 is 14.0 Å². The maximum Gasteiger partial charge on any atom is 0.417 e. The van der Waals surface area contributed by atoms with Gasteiger partial charge in [-0.1, -0.05) is 46.9 Å². The van der Waals surface area contributed by atoms with Gasteiger partial charge in [0.05, 0.1) is 21.5 Å². The van der Waals surface area contributed by atoms with E-state index >= 15 is 0 Å². The maximum absolute atomic E-state index is 13.0. The summed E-state index contributed by atoms with van der Waals surface area (Å²) < 4.78 is 45.4. The monoisotopic (exact) mass is 518 g/mol. The summed E-state index contributed by atoms with van der Waals surface area (Å²) in [6, 6.07) is 3.79. The summed E-state index contributed by atoms with van der Waals surface area (Å²) in [4.78, 5) is 19.5. The van der Waals surface area contributed by atoms with E-state index in [1.54, 1.807) is 6.92 Å². The van der Waals surface area contributed by atoms with E-state index in [9.17, 15) is 18.0 Å². The Bertz CT molecular complexity index is 1380. The molecule has 1 aromatic carbocycles. The van der Waals surface area contributed by atoms with Crippen LogP contribution in [0.4, 0.5) is 13.2 Å². The number of pyridine rings is 1. The number of alkyl halides is 3. The van der Waals surface area contributed by atoms with Crippen LogP contribution < -0.4 is 0 Å². The highest BCUT2D eigenvalue weighted by molar-refractivity contribution is 6.35. The minimum atomic E-state index is -4.58. The SMILES string of the molecule is CC(Cc1cc(Cl)c(-c2noc(-c3cn4cc(C(F)(F)F)cc(Cl)c4n3)n2)cc1Cl)C(=O)O. The highest BCUT2D eigenvalue weighted by atomic mass is 35.5. The molecule has 0 aliphatic heterocycles. The predicted molar refractivity (Wildman–Crippen MR) is 114 cm³/mol. The number of aromatic nitrogens is 4. The van der Waals surface area contributed by atoms with Gasteiger partial charge in [0.1, 0.15) is 5.69 Å². The van der Waals surface area contributed by atoms with Crippen molar-refractivity contribution in [3.05, 3.63) is 56.8 Å². The molecule has 0 radical (unpaired) electrons. The molecule has 1 unspecified atom stereocenters. The van der Waals surface area contributed by atoms with Gasteiger partial charge in [-0.15, -0.1) is 0 Å². The van der Waals surface area contributed by atoms with Crippen LogP contribution in [0, 0.1) is 5.92 Å². The number of carboxylic acids is 1. The Morgan fingerprint density at radius 1 is 1.12 bits per heavy atom. The van der Waals surface area contributed by atoms with E-state index in [2.05, 4.69) is 15.1 Å². The summed E-state index contributed by atoms with van der Waals surface area (Å²) in [6.07, 6.45) is -2.28. The predicted octanol–water partition coefficient (Wildman–Crippen LogP) is 6.29. The number of carboxylic acid groups (broad SMARTS) is 1. The van der Waals surface area contributed by atoms with Crippen LogP contribution in [0.15, 0.2) is 35.1 Å². The molecule has 0 saturated carbocycles. The first-order chi connectivity index (χ1) is 15.4. The molecule has 4 rings (SSSR count). The van der Waals surface area contributed by atoms with E-state index in [0.717, 1.165) is 16.7 Å². The molecule has 0 saturated heterocycles. The van der Waals surface area contributed by atoms with Gasteiger partial charge in [0.15, 0.2) is 5.65 Å². The zero-order chi connectivity index (χ0) is 24.1. The highest BCUT2D eigenvalue weighted by Crippen LogP contribution is 2.35. The molecule has 3 heterocycles. The molecule has 33 heavy (non-hydrogen) atoms. The first kappa shape index (κ1) is 23.3. The average molecular weight is 520 g/mol. The molecule has 0 amide bonds. The third-order valence-corrected chi connectivity index (χ3v) is 5.75. The Morgan fingerprint density at radius 3 is 2.52 bits per heavy atom. The van der Waals surface area contributed by atoms with Crippen molar-refractivity contribution in [2.24, 2.45) is 5.92 Å². The van der Waals surface area contributed by atoms with Gasteiger partial charge >= 0.3 is 12.1 Å². The lowest BCUT2D eigenvalue weighted by Crippen LogP contribution is -2.12. The third kappa shape index (κ3) is 4.64. The average Bonchev–Trinajstić information content (AvgIpc) is 3.37. The minimum absolute atomic E-state index is 0.0638. The molecule has 0 bridgehead atoms. The number of benzene rings is 1. The van der Waals surface area contributed by atoms with Gasteiger partial charge in [-0.25, -0.2) is 4.98 Å². The van der Waals surface area contributed by atoms with E-state index in [-0.39, 0.29) is 44.5 Å². The van der Waals surface area contributed by atoms with Crippen molar-refractivity contribution in [2.75, 3.05) is 0 Å². The van der Waals surface area contributed by atoms with Crippen molar-refractivity contribution in [1.29, 1.82) is 0 Å². The summed E-state index contributed by atoms with van der Waals surface area (Å²) in [7, 11) is 0. The molecular formula is C20H12Cl3F3N4O3. The Balaban J connectivity index is 1.68. The fourth-order valence-corrected chi connectivity index (χ4v) is 3.85. The molecule has 0 spiro atoms. The van der Waals surface area contributed by atoms with Gasteiger partial charge in [0.2, 0.25) is 5.82 Å². The van der Waals surface area contributed by atoms with Crippen LogP contribution in [0.25, 0.3) is 28.6 Å². The van der Waals surface area contributed by atoms with Crippen LogP contribution >= 0.6 is 34.8 Å². The molecule has 1 atom stereocenters. The van der Waals surface area contributed by atoms with Crippen molar-refractivity contribution in [1.82, 2.24) is 19.5 Å². The molecule has 13 heteroatoms. The lowest BCUT2D eigenvalue weighted by molar-refractivity contribution is -0.141. The topological polar surface area (TPSA) is 93.5 Å². The van der Waals surface area contributed by atoms with Crippen molar-refractivity contribution < 1.29 is 27.6 Å². The second-order valence-electron chi connectivity index (χ2n) is 7.22. The number of rotatable bonds is 5. The summed E-state index contributed by atoms with van der Waals surface area (Å²) >= 11 is 18.6. The second kappa shape index (κ2) is 8.51. The normalized spacial score (nSPS) is 12.9. The summed E-state index contributed by atoms with van der Waals surface area (Å²) in [5, 5.41) is 13.2. The van der Waals surface area contributed by atoms with E-state index < -0.39 is 23.6 Å². The smallest absolute Gasteiger partial charge is 0.417 e. The van der Waals surface area contributed by atoms with Crippen molar-refractivity contribution in [2.45, 2.75) is 19.5 Å². The molecule has 4 aromatic rings. The standard InChI is InChI=1S/C20H12Cl3F3N4O3/c1-8(19(31)32)2-9-3-13(22)11(5-12(9)21)16-28-18(33-29-16)15-7-30-6-10(20(24,25)26)4-14(23)17(30)27-15/h3-8H,2H2,1H3,(H,31,32). The number of hydrogen-bond donors (Lipinski definition) is 1. The number of halogens is 6. The highest BCUT2D eigenvalue weighted by Gasteiger charge is 2.32. The summed E-state index contributed by atoms with van der Waals surface area (Å²) in [5.74, 6) is -1.65. The molecular weight excluding hydrogens is 508 g/mol. The first-order valence-electron chi connectivity index (χ1n) is 9.24. The lowest BCUT2D eigenvalue weighted by atomic mass is 10.00. The molecule has 1 N–H and O–H groups in total. The van der Waals surface area contributed by atoms with Gasteiger partial charge in [-0.2, -0.15) is 18.2 Å². The minimum Gasteiger partial charge on any atom is -0.481 e. The largest absolute Gasteiger partial charge is 0.481 e. The second-order valence-corrected chi connectivity index (χ2v) is 8.44. The van der Waals surface area contributed by atoms with Crippen LogP contribution in [-0.2, 0) is 17.4 Å². The fraction of sp³-hybridized carbons (Fsp3) is 0.200. The van der Waals surface area contributed by atoms with Crippen LogP contribution in [0.2, 0.25) is 15.1 Å². The van der Waals surface area contributed by atoms with Crippen LogP contribution in [0.1, 0.15) is 18.1 Å². The number of carbonyl (C=O) groups is 1. The maximum atomic E-state index is 13.0. The molecule has 0 aliphatic carbocycles. The van der Waals surface area contributed by atoms with Crippen molar-refractivity contribution in [3.63, 3.8) is 0 Å². The van der Waals surface area contributed by atoms with E-state index in [1.807, 2.05) is 0 Å². The Kier molecular flexibility index (Phi) is 6.02. The van der Waals surface area contributed by atoms with Gasteiger partial charge in [0, 0.05) is 23.0 Å².